The van der Waals surface area contributed by atoms with Crippen molar-refractivity contribution in [3.05, 3.63) is 54.1 Å². The molecule has 0 unspecified atom stereocenters. The smallest absolute Gasteiger partial charge is 0.497 e. The third-order valence-corrected chi connectivity index (χ3v) is 5.42. The number of oxime groups is 1. The van der Waals surface area contributed by atoms with Crippen molar-refractivity contribution < 1.29 is 37.1 Å². The molecule has 1 saturated heterocycles. The fourth-order valence-corrected chi connectivity index (χ4v) is 3.73. The molecule has 0 saturated carbocycles. The molecule has 2 aromatic rings. The van der Waals surface area contributed by atoms with Gasteiger partial charge in [-0.3, -0.25) is 5.32 Å². The molecular formula is C22H22F3N3O5. The van der Waals surface area contributed by atoms with E-state index in [-0.39, 0.29) is 11.4 Å². The van der Waals surface area contributed by atoms with Crippen LogP contribution in [0.5, 0.6) is 11.5 Å². The van der Waals surface area contributed by atoms with Crippen LogP contribution in [0.3, 0.4) is 0 Å². The number of piperidine rings is 1. The molecule has 1 N–H and O–H groups in total. The summed E-state index contributed by atoms with van der Waals surface area (Å²) in [6.45, 7) is 0.902. The van der Waals surface area contributed by atoms with E-state index in [1.807, 2.05) is 24.3 Å². The second-order valence-corrected chi connectivity index (χ2v) is 7.73. The van der Waals surface area contributed by atoms with E-state index in [2.05, 4.69) is 15.2 Å². The summed E-state index contributed by atoms with van der Waals surface area (Å²) < 4.78 is 45.7. The maximum atomic E-state index is 12.2. The number of carbonyl (C=O) groups excluding carboxylic acids is 1. The number of nitrogens with zero attached hydrogens (tertiary/aromatic N) is 2. The van der Waals surface area contributed by atoms with Gasteiger partial charge in [-0.25, -0.2) is 4.79 Å². The zero-order valence-electron chi connectivity index (χ0n) is 17.7. The van der Waals surface area contributed by atoms with Crippen LogP contribution >= 0.6 is 0 Å². The molecule has 33 heavy (non-hydrogen) atoms. The Labute approximate surface area is 187 Å². The van der Waals surface area contributed by atoms with Crippen LogP contribution in [-0.2, 0) is 9.68 Å². The third-order valence-electron chi connectivity index (χ3n) is 5.42. The molecular weight excluding hydrogens is 443 g/mol. The zero-order chi connectivity index (χ0) is 23.5. The summed E-state index contributed by atoms with van der Waals surface area (Å²) in [7, 11) is 1.61. The number of rotatable bonds is 5. The Bertz CT molecular complexity index is 1020. The summed E-state index contributed by atoms with van der Waals surface area (Å²) in [5, 5.41) is 8.27. The highest BCUT2D eigenvalue weighted by molar-refractivity contribution is 6.02. The zero-order valence-corrected chi connectivity index (χ0v) is 17.7. The van der Waals surface area contributed by atoms with Gasteiger partial charge in [-0.15, -0.1) is 18.2 Å². The normalized spacial score (nSPS) is 17.8. The van der Waals surface area contributed by atoms with Crippen LogP contribution in [0.2, 0.25) is 0 Å². The maximum Gasteiger partial charge on any atom is 0.573 e. The molecule has 0 radical (unpaired) electrons. The second-order valence-electron chi connectivity index (χ2n) is 7.73. The first-order valence-corrected chi connectivity index (χ1v) is 10.2. The van der Waals surface area contributed by atoms with Gasteiger partial charge >= 0.3 is 12.5 Å². The Morgan fingerprint density at radius 3 is 2.52 bits per heavy atom. The molecule has 2 aromatic carbocycles. The number of methoxy groups -OCH3 is 1. The quantitative estimate of drug-likeness (QED) is 0.689. The number of alkyl halides is 3. The maximum absolute atomic E-state index is 12.2. The molecule has 4 rings (SSSR count). The van der Waals surface area contributed by atoms with Crippen molar-refractivity contribution in [1.29, 1.82) is 0 Å². The number of anilines is 1. The van der Waals surface area contributed by atoms with Gasteiger partial charge in [-0.1, -0.05) is 17.3 Å². The minimum atomic E-state index is -4.78. The largest absolute Gasteiger partial charge is 0.573 e. The van der Waals surface area contributed by atoms with Crippen molar-refractivity contribution in [1.82, 2.24) is 5.06 Å². The van der Waals surface area contributed by atoms with Crippen LogP contribution in [0.4, 0.5) is 23.7 Å². The first-order chi connectivity index (χ1) is 15.7. The van der Waals surface area contributed by atoms with Crippen LogP contribution in [0.25, 0.3) is 0 Å². The molecule has 0 atom stereocenters. The van der Waals surface area contributed by atoms with Gasteiger partial charge in [-0.05, 0) is 36.4 Å². The molecule has 0 bridgehead atoms. The van der Waals surface area contributed by atoms with E-state index < -0.39 is 18.1 Å². The van der Waals surface area contributed by atoms with Crippen molar-refractivity contribution in [3.8, 4) is 11.5 Å². The van der Waals surface area contributed by atoms with Gasteiger partial charge in [0.15, 0.2) is 0 Å². The van der Waals surface area contributed by atoms with E-state index in [0.717, 1.165) is 29.2 Å². The monoisotopic (exact) mass is 465 g/mol. The van der Waals surface area contributed by atoms with Crippen LogP contribution in [0.15, 0.2) is 53.7 Å². The average Bonchev–Trinajstić information content (AvgIpc) is 3.20. The summed E-state index contributed by atoms with van der Waals surface area (Å²) in [6, 6.07) is 12.4. The molecule has 1 amide bonds. The molecule has 2 aliphatic heterocycles. The number of nitrogens with one attached hydrogen (secondary N) is 1. The Hall–Kier alpha value is -3.47. The highest BCUT2D eigenvalue weighted by atomic mass is 19.4. The van der Waals surface area contributed by atoms with Crippen LogP contribution in [-0.4, -0.2) is 49.0 Å². The number of ether oxygens (including phenoxy) is 2. The van der Waals surface area contributed by atoms with Crippen LogP contribution in [0.1, 0.15) is 24.8 Å². The predicted octanol–water partition coefficient (Wildman–Crippen LogP) is 4.72. The van der Waals surface area contributed by atoms with E-state index in [1.54, 1.807) is 7.11 Å². The number of carbonyl (C=O) groups is 1. The molecule has 0 aromatic heterocycles. The number of amides is 1. The summed E-state index contributed by atoms with van der Waals surface area (Å²) in [4.78, 5) is 23.3. The summed E-state index contributed by atoms with van der Waals surface area (Å²) in [6.07, 6.45) is -3.65. The predicted molar refractivity (Wildman–Crippen MR) is 112 cm³/mol. The van der Waals surface area contributed by atoms with E-state index >= 15 is 0 Å². The Kier molecular flexibility index (Phi) is 6.32. The molecule has 1 spiro atoms. The van der Waals surface area contributed by atoms with Gasteiger partial charge in [0, 0.05) is 43.6 Å². The lowest BCUT2D eigenvalue weighted by Gasteiger charge is -2.35. The Morgan fingerprint density at radius 1 is 1.12 bits per heavy atom. The lowest BCUT2D eigenvalue weighted by molar-refractivity contribution is -0.274. The molecule has 2 heterocycles. The topological polar surface area (TPSA) is 81.6 Å². The van der Waals surface area contributed by atoms with Crippen molar-refractivity contribution in [2.75, 3.05) is 25.5 Å². The van der Waals surface area contributed by atoms with E-state index in [9.17, 15) is 18.0 Å². The van der Waals surface area contributed by atoms with E-state index in [4.69, 9.17) is 14.4 Å². The lowest BCUT2D eigenvalue weighted by Crippen LogP contribution is -2.45. The van der Waals surface area contributed by atoms with E-state index in [0.29, 0.717) is 32.4 Å². The van der Waals surface area contributed by atoms with Gasteiger partial charge in [0.25, 0.3) is 0 Å². The van der Waals surface area contributed by atoms with Crippen molar-refractivity contribution in [2.45, 2.75) is 31.2 Å². The molecule has 176 valence electrons. The third kappa shape index (κ3) is 5.86. The highest BCUT2D eigenvalue weighted by Crippen LogP contribution is 2.36. The molecule has 11 heteroatoms. The fourth-order valence-electron chi connectivity index (χ4n) is 3.73. The second kappa shape index (κ2) is 9.18. The summed E-state index contributed by atoms with van der Waals surface area (Å²) in [5.74, 6) is 0.364. The molecule has 0 aliphatic carbocycles. The first kappa shape index (κ1) is 22.7. The van der Waals surface area contributed by atoms with Gasteiger partial charge in [0.05, 0.1) is 12.8 Å². The van der Waals surface area contributed by atoms with Gasteiger partial charge in [0.2, 0.25) is 0 Å². The number of hydrogen-bond acceptors (Lipinski definition) is 7. The fraction of sp³-hybridized carbons (Fsp3) is 0.364. The van der Waals surface area contributed by atoms with Crippen LogP contribution in [0, 0.1) is 0 Å². The minimum absolute atomic E-state index is 0.276. The number of halogens is 3. The Balaban J connectivity index is 1.24. The minimum Gasteiger partial charge on any atom is -0.497 e. The van der Waals surface area contributed by atoms with Crippen molar-refractivity contribution in [3.63, 3.8) is 0 Å². The van der Waals surface area contributed by atoms with Gasteiger partial charge in [0.1, 0.15) is 17.1 Å². The van der Waals surface area contributed by atoms with Gasteiger partial charge < -0.3 is 19.1 Å². The highest BCUT2D eigenvalue weighted by Gasteiger charge is 2.43. The summed E-state index contributed by atoms with van der Waals surface area (Å²) in [5.41, 5.74) is 1.62. The standard InChI is InChI=1S/C22H22F3N3O5/c1-30-18-4-2-3-15(13-18)19-14-21(33-27-19)9-11-28(12-10-21)32-20(29)26-16-5-7-17(8-6-16)31-22(23,24)25/h2-8,13H,9-12,14H2,1H3,(H,26,29). The molecule has 1 fully saturated rings. The average molecular weight is 465 g/mol. The summed E-state index contributed by atoms with van der Waals surface area (Å²) >= 11 is 0. The van der Waals surface area contributed by atoms with Crippen molar-refractivity contribution >= 4 is 17.5 Å². The molecule has 8 nitrogen and oxygen atoms in total. The van der Waals surface area contributed by atoms with Crippen molar-refractivity contribution in [2.24, 2.45) is 5.16 Å². The number of hydrogen-bond donors (Lipinski definition) is 1. The van der Waals surface area contributed by atoms with Gasteiger partial charge in [-0.2, -0.15) is 0 Å². The SMILES string of the molecule is COc1cccc(C2=NOC3(CCN(OC(=O)Nc4ccc(OC(F)(F)F)cc4)CC3)C2)c1. The Morgan fingerprint density at radius 2 is 1.85 bits per heavy atom. The number of benzene rings is 2. The lowest BCUT2D eigenvalue weighted by atomic mass is 9.86. The number of hydroxylamine groups is 2. The van der Waals surface area contributed by atoms with E-state index in [1.165, 1.54) is 17.2 Å². The molecule has 2 aliphatic rings. The van der Waals surface area contributed by atoms with Crippen LogP contribution < -0.4 is 14.8 Å². The first-order valence-electron chi connectivity index (χ1n) is 10.2.